The molecule has 0 heterocycles. The Morgan fingerprint density at radius 3 is 2.60 bits per heavy atom. The van der Waals surface area contributed by atoms with E-state index in [1.807, 2.05) is 31.2 Å². The highest BCUT2D eigenvalue weighted by molar-refractivity contribution is 5.76. The Bertz CT molecular complexity index is 718. The number of carbonyl (C=O) groups excluding carboxylic acids is 1. The van der Waals surface area contributed by atoms with Gasteiger partial charge in [-0.05, 0) is 42.7 Å². The molecule has 0 saturated carbocycles. The zero-order chi connectivity index (χ0) is 18.2. The van der Waals surface area contributed by atoms with Crippen LogP contribution in [-0.2, 0) is 17.8 Å². The highest BCUT2D eigenvalue weighted by Gasteiger charge is 2.12. The first kappa shape index (κ1) is 18.8. The molecular formula is C20H24FNO3. The van der Waals surface area contributed by atoms with Gasteiger partial charge in [-0.1, -0.05) is 24.3 Å². The van der Waals surface area contributed by atoms with Crippen LogP contribution < -0.4 is 9.47 Å². The van der Waals surface area contributed by atoms with Gasteiger partial charge in [-0.15, -0.1) is 0 Å². The van der Waals surface area contributed by atoms with Crippen molar-refractivity contribution in [3.8, 4) is 11.5 Å². The predicted octanol–water partition coefficient (Wildman–Crippen LogP) is 3.82. The molecule has 2 aromatic rings. The lowest BCUT2D eigenvalue weighted by atomic mass is 10.1. The summed E-state index contributed by atoms with van der Waals surface area (Å²) in [6, 6.07) is 12.5. The van der Waals surface area contributed by atoms with E-state index in [1.165, 1.54) is 13.2 Å². The van der Waals surface area contributed by atoms with Crippen LogP contribution in [0, 0.1) is 5.82 Å². The van der Waals surface area contributed by atoms with Crippen molar-refractivity contribution in [3.63, 3.8) is 0 Å². The fraction of sp³-hybridized carbons (Fsp3) is 0.350. The number of nitrogens with zero attached hydrogens (tertiary/aromatic N) is 1. The van der Waals surface area contributed by atoms with E-state index in [4.69, 9.17) is 9.47 Å². The molecule has 0 aliphatic carbocycles. The predicted molar refractivity (Wildman–Crippen MR) is 95.4 cm³/mol. The van der Waals surface area contributed by atoms with E-state index in [0.29, 0.717) is 26.0 Å². The Kier molecular flexibility index (Phi) is 6.81. The number of hydrogen-bond donors (Lipinski definition) is 0. The molecule has 2 rings (SSSR count). The molecule has 0 aliphatic rings. The quantitative estimate of drug-likeness (QED) is 0.730. The number of ether oxygens (including phenoxy) is 2. The minimum absolute atomic E-state index is 0.00234. The summed E-state index contributed by atoms with van der Waals surface area (Å²) in [6.45, 7) is 2.88. The van der Waals surface area contributed by atoms with Crippen molar-refractivity contribution in [1.29, 1.82) is 0 Å². The Balaban J connectivity index is 1.93. The monoisotopic (exact) mass is 345 g/mol. The SMILES string of the molecule is CCOc1ccccc1CCC(=O)N(C)Cc1ccc(OC)c(F)c1. The van der Waals surface area contributed by atoms with E-state index in [0.717, 1.165) is 16.9 Å². The van der Waals surface area contributed by atoms with E-state index in [9.17, 15) is 9.18 Å². The molecule has 2 aromatic carbocycles. The molecule has 0 radical (unpaired) electrons. The van der Waals surface area contributed by atoms with Crippen LogP contribution >= 0.6 is 0 Å². The molecule has 0 bridgehead atoms. The summed E-state index contributed by atoms with van der Waals surface area (Å²) >= 11 is 0. The molecule has 0 spiro atoms. The molecular weight excluding hydrogens is 321 g/mol. The number of rotatable bonds is 8. The fourth-order valence-electron chi connectivity index (χ4n) is 2.61. The minimum atomic E-state index is -0.425. The normalized spacial score (nSPS) is 10.4. The van der Waals surface area contributed by atoms with Crippen LogP contribution in [0.3, 0.4) is 0 Å². The van der Waals surface area contributed by atoms with E-state index >= 15 is 0 Å². The maximum Gasteiger partial charge on any atom is 0.222 e. The Hall–Kier alpha value is -2.56. The van der Waals surface area contributed by atoms with Crippen molar-refractivity contribution in [1.82, 2.24) is 4.90 Å². The summed E-state index contributed by atoms with van der Waals surface area (Å²) in [6.07, 6.45) is 0.982. The third-order valence-corrected chi connectivity index (χ3v) is 3.94. The highest BCUT2D eigenvalue weighted by atomic mass is 19.1. The molecule has 0 fully saturated rings. The van der Waals surface area contributed by atoms with Gasteiger partial charge in [-0.3, -0.25) is 4.79 Å². The zero-order valence-electron chi connectivity index (χ0n) is 14.9. The second-order valence-corrected chi connectivity index (χ2v) is 5.76. The minimum Gasteiger partial charge on any atom is -0.494 e. The maximum absolute atomic E-state index is 13.7. The van der Waals surface area contributed by atoms with Crippen LogP contribution in [0.4, 0.5) is 4.39 Å². The molecule has 0 aromatic heterocycles. The lowest BCUT2D eigenvalue weighted by Gasteiger charge is -2.18. The van der Waals surface area contributed by atoms with Crippen molar-refractivity contribution >= 4 is 5.91 Å². The van der Waals surface area contributed by atoms with Gasteiger partial charge in [-0.2, -0.15) is 0 Å². The van der Waals surface area contributed by atoms with Crippen molar-refractivity contribution in [2.24, 2.45) is 0 Å². The van der Waals surface area contributed by atoms with E-state index in [-0.39, 0.29) is 11.7 Å². The van der Waals surface area contributed by atoms with Crippen molar-refractivity contribution in [2.75, 3.05) is 20.8 Å². The Labute approximate surface area is 148 Å². The summed E-state index contributed by atoms with van der Waals surface area (Å²) < 4.78 is 24.2. The molecule has 0 saturated heterocycles. The van der Waals surface area contributed by atoms with Crippen LogP contribution in [0.1, 0.15) is 24.5 Å². The number of hydrogen-bond acceptors (Lipinski definition) is 3. The summed E-state index contributed by atoms with van der Waals surface area (Å²) in [4.78, 5) is 14.0. The second-order valence-electron chi connectivity index (χ2n) is 5.76. The molecule has 5 heteroatoms. The topological polar surface area (TPSA) is 38.8 Å². The molecule has 25 heavy (non-hydrogen) atoms. The molecule has 0 N–H and O–H groups in total. The lowest BCUT2D eigenvalue weighted by molar-refractivity contribution is -0.130. The van der Waals surface area contributed by atoms with Crippen LogP contribution in [-0.4, -0.2) is 31.6 Å². The van der Waals surface area contributed by atoms with Gasteiger partial charge in [0.2, 0.25) is 5.91 Å². The summed E-state index contributed by atoms with van der Waals surface area (Å²) in [5, 5.41) is 0. The smallest absolute Gasteiger partial charge is 0.222 e. The first-order valence-electron chi connectivity index (χ1n) is 8.32. The number of halogens is 1. The largest absolute Gasteiger partial charge is 0.494 e. The number of aryl methyl sites for hydroxylation is 1. The van der Waals surface area contributed by atoms with Gasteiger partial charge in [-0.25, -0.2) is 4.39 Å². The molecule has 0 atom stereocenters. The van der Waals surface area contributed by atoms with E-state index in [2.05, 4.69) is 0 Å². The summed E-state index contributed by atoms with van der Waals surface area (Å²) in [7, 11) is 3.15. The van der Waals surface area contributed by atoms with Crippen LogP contribution in [0.2, 0.25) is 0 Å². The summed E-state index contributed by atoms with van der Waals surface area (Å²) in [5.41, 5.74) is 1.74. The fourth-order valence-corrected chi connectivity index (χ4v) is 2.61. The Morgan fingerprint density at radius 1 is 1.16 bits per heavy atom. The maximum atomic E-state index is 13.7. The van der Waals surface area contributed by atoms with Gasteiger partial charge < -0.3 is 14.4 Å². The van der Waals surface area contributed by atoms with Gasteiger partial charge in [0.05, 0.1) is 13.7 Å². The van der Waals surface area contributed by atoms with E-state index < -0.39 is 5.82 Å². The molecule has 134 valence electrons. The average Bonchev–Trinajstić information content (AvgIpc) is 2.61. The number of para-hydroxylation sites is 1. The second kappa shape index (κ2) is 9.06. The molecule has 4 nitrogen and oxygen atoms in total. The van der Waals surface area contributed by atoms with Crippen molar-refractivity contribution < 1.29 is 18.7 Å². The van der Waals surface area contributed by atoms with Gasteiger partial charge in [0.1, 0.15) is 5.75 Å². The van der Waals surface area contributed by atoms with Crippen LogP contribution in [0.5, 0.6) is 11.5 Å². The molecule has 0 unspecified atom stereocenters. The van der Waals surface area contributed by atoms with Gasteiger partial charge in [0, 0.05) is 20.0 Å². The van der Waals surface area contributed by atoms with Gasteiger partial charge >= 0.3 is 0 Å². The lowest BCUT2D eigenvalue weighted by Crippen LogP contribution is -2.26. The van der Waals surface area contributed by atoms with Gasteiger partial charge in [0.15, 0.2) is 11.6 Å². The standard InChI is InChI=1S/C20H24FNO3/c1-4-25-18-8-6-5-7-16(18)10-12-20(23)22(2)14-15-9-11-19(24-3)17(21)13-15/h5-9,11,13H,4,10,12,14H2,1-3H3. The number of carbonyl (C=O) groups is 1. The van der Waals surface area contributed by atoms with Crippen LogP contribution in [0.25, 0.3) is 0 Å². The third-order valence-electron chi connectivity index (χ3n) is 3.94. The highest BCUT2D eigenvalue weighted by Crippen LogP contribution is 2.21. The average molecular weight is 345 g/mol. The molecule has 0 aliphatic heterocycles. The number of amides is 1. The van der Waals surface area contributed by atoms with Crippen LogP contribution in [0.15, 0.2) is 42.5 Å². The summed E-state index contributed by atoms with van der Waals surface area (Å²) in [5.74, 6) is 0.594. The third kappa shape index (κ3) is 5.21. The van der Waals surface area contributed by atoms with Crippen molar-refractivity contribution in [2.45, 2.75) is 26.3 Å². The Morgan fingerprint density at radius 2 is 1.92 bits per heavy atom. The number of methoxy groups -OCH3 is 1. The van der Waals surface area contributed by atoms with Crippen molar-refractivity contribution in [3.05, 3.63) is 59.4 Å². The zero-order valence-corrected chi connectivity index (χ0v) is 14.9. The first-order chi connectivity index (χ1) is 12.0. The van der Waals surface area contributed by atoms with E-state index in [1.54, 1.807) is 24.1 Å². The van der Waals surface area contributed by atoms with Gasteiger partial charge in [0.25, 0.3) is 0 Å². The first-order valence-corrected chi connectivity index (χ1v) is 8.32. The number of benzene rings is 2. The molecule has 1 amide bonds.